The van der Waals surface area contributed by atoms with Crippen LogP contribution in [0.4, 0.5) is 0 Å². The summed E-state index contributed by atoms with van der Waals surface area (Å²) in [4.78, 5) is 8.14. The Bertz CT molecular complexity index is 315. The maximum absolute atomic E-state index is 5.19. The van der Waals surface area contributed by atoms with Crippen LogP contribution in [0.25, 0.3) is 0 Å². The highest BCUT2D eigenvalue weighted by Gasteiger charge is 1.91. The van der Waals surface area contributed by atoms with Crippen molar-refractivity contribution in [2.45, 2.75) is 6.42 Å². The van der Waals surface area contributed by atoms with Crippen LogP contribution in [0.5, 0.6) is 0 Å². The van der Waals surface area contributed by atoms with Crippen molar-refractivity contribution in [3.8, 4) is 0 Å². The molecule has 0 atom stereocenters. The van der Waals surface area contributed by atoms with E-state index in [0.717, 1.165) is 13.0 Å². The number of rotatable bonds is 0. The molecule has 0 aromatic rings. The van der Waals surface area contributed by atoms with Gasteiger partial charge in [-0.3, -0.25) is 4.99 Å². The Morgan fingerprint density at radius 2 is 2.07 bits per heavy atom. The summed E-state index contributed by atoms with van der Waals surface area (Å²) in [5, 5.41) is 0. The summed E-state index contributed by atoms with van der Waals surface area (Å²) in [7, 11) is 0. The van der Waals surface area contributed by atoms with E-state index in [1.165, 1.54) is 0 Å². The van der Waals surface area contributed by atoms with Crippen LogP contribution in [0, 0.1) is 0 Å². The molecule has 78 valence electrons. The van der Waals surface area contributed by atoms with Gasteiger partial charge in [0.2, 0.25) is 5.88 Å². The standard InChI is InChI=1S/C12H14N2O/c1-11-7-6-9-13-8-4-3-5-10-14-12(2)15-11/h3,5-7,9-10H,1-2,4,8H2/b5-3-,7-6-,13-9-,14-10-. The zero-order valence-electron chi connectivity index (χ0n) is 8.60. The minimum Gasteiger partial charge on any atom is -0.440 e. The molecule has 1 rings (SSSR count). The molecule has 0 amide bonds. The molecule has 0 saturated carbocycles. The summed E-state index contributed by atoms with van der Waals surface area (Å²) < 4.78 is 5.19. The van der Waals surface area contributed by atoms with Gasteiger partial charge in [-0.2, -0.15) is 0 Å². The summed E-state index contributed by atoms with van der Waals surface area (Å²) in [5.41, 5.74) is 0. The Morgan fingerprint density at radius 1 is 1.20 bits per heavy atom. The molecule has 3 nitrogen and oxygen atoms in total. The van der Waals surface area contributed by atoms with E-state index in [2.05, 4.69) is 23.1 Å². The van der Waals surface area contributed by atoms with E-state index < -0.39 is 0 Å². The molecule has 0 aromatic carbocycles. The number of nitrogens with zero attached hydrogens (tertiary/aromatic N) is 2. The Kier molecular flexibility index (Phi) is 4.87. The van der Waals surface area contributed by atoms with Crippen LogP contribution in [0.1, 0.15) is 6.42 Å². The van der Waals surface area contributed by atoms with Crippen LogP contribution in [0.3, 0.4) is 0 Å². The van der Waals surface area contributed by atoms with Gasteiger partial charge in [-0.1, -0.05) is 12.7 Å². The van der Waals surface area contributed by atoms with Gasteiger partial charge in [-0.05, 0) is 31.2 Å². The monoisotopic (exact) mass is 202 g/mol. The molecule has 0 fully saturated rings. The van der Waals surface area contributed by atoms with Crippen LogP contribution in [-0.2, 0) is 4.74 Å². The van der Waals surface area contributed by atoms with E-state index in [1.54, 1.807) is 24.6 Å². The lowest BCUT2D eigenvalue weighted by molar-refractivity contribution is 0.321. The lowest BCUT2D eigenvalue weighted by Crippen LogP contribution is -1.85. The molecule has 0 aromatic heterocycles. The van der Waals surface area contributed by atoms with Crippen LogP contribution in [0.2, 0.25) is 0 Å². The van der Waals surface area contributed by atoms with Gasteiger partial charge in [0, 0.05) is 19.0 Å². The Hall–Kier alpha value is -1.90. The minimum absolute atomic E-state index is 0.325. The summed E-state index contributed by atoms with van der Waals surface area (Å²) in [6.45, 7) is 8.09. The van der Waals surface area contributed by atoms with Gasteiger partial charge in [0.1, 0.15) is 5.76 Å². The normalized spacial score (nSPS) is 26.4. The fourth-order valence-electron chi connectivity index (χ4n) is 0.930. The number of hydrogen-bond acceptors (Lipinski definition) is 3. The number of hydrogen-bond donors (Lipinski definition) is 0. The molecule has 0 N–H and O–H groups in total. The quantitative estimate of drug-likeness (QED) is 0.594. The summed E-state index contributed by atoms with van der Waals surface area (Å²) in [6.07, 6.45) is 11.6. The summed E-state index contributed by atoms with van der Waals surface area (Å²) in [6, 6.07) is 0. The second-order valence-corrected chi connectivity index (χ2v) is 2.87. The van der Waals surface area contributed by atoms with Crippen molar-refractivity contribution in [1.29, 1.82) is 0 Å². The van der Waals surface area contributed by atoms with Crippen molar-refractivity contribution in [3.63, 3.8) is 0 Å². The summed E-state index contributed by atoms with van der Waals surface area (Å²) >= 11 is 0. The van der Waals surface area contributed by atoms with Gasteiger partial charge in [0.25, 0.3) is 0 Å². The molecule has 0 saturated heterocycles. The molecule has 3 heteroatoms. The first-order valence-electron chi connectivity index (χ1n) is 4.70. The molecule has 1 heterocycles. The average Bonchev–Trinajstić information content (AvgIpc) is 2.21. The summed E-state index contributed by atoms with van der Waals surface area (Å²) in [5.74, 6) is 0.817. The van der Waals surface area contributed by atoms with Gasteiger partial charge in [0.15, 0.2) is 0 Å². The van der Waals surface area contributed by atoms with Crippen molar-refractivity contribution < 1.29 is 4.74 Å². The number of allylic oxidation sites excluding steroid dienone is 3. The fraction of sp³-hybridized carbons (Fsp3) is 0.167. The van der Waals surface area contributed by atoms with Crippen molar-refractivity contribution >= 4 is 12.4 Å². The molecule has 1 aliphatic heterocycles. The lowest BCUT2D eigenvalue weighted by Gasteiger charge is -2.01. The first-order valence-corrected chi connectivity index (χ1v) is 4.70. The SMILES string of the molecule is C=C1/C=C\C=N/CC/C=C\C=N/C(=C)O1. The zero-order valence-corrected chi connectivity index (χ0v) is 8.60. The molecule has 15 heavy (non-hydrogen) atoms. The van der Waals surface area contributed by atoms with E-state index in [9.17, 15) is 0 Å². The maximum atomic E-state index is 5.19. The molecule has 0 spiro atoms. The molecule has 0 unspecified atom stereocenters. The van der Waals surface area contributed by atoms with Gasteiger partial charge in [0.05, 0.1) is 0 Å². The Balaban J connectivity index is 2.68. The third-order valence-corrected chi connectivity index (χ3v) is 1.59. The van der Waals surface area contributed by atoms with Crippen molar-refractivity contribution in [1.82, 2.24) is 0 Å². The third-order valence-electron chi connectivity index (χ3n) is 1.59. The van der Waals surface area contributed by atoms with Gasteiger partial charge in [-0.25, -0.2) is 4.99 Å². The lowest BCUT2D eigenvalue weighted by atomic mass is 10.4. The predicted molar refractivity (Wildman–Crippen MR) is 64.1 cm³/mol. The van der Waals surface area contributed by atoms with Crippen LogP contribution in [0.15, 0.2) is 59.1 Å². The maximum Gasteiger partial charge on any atom is 0.211 e. The second kappa shape index (κ2) is 6.54. The first kappa shape index (κ1) is 11.2. The van der Waals surface area contributed by atoms with Gasteiger partial charge < -0.3 is 4.74 Å². The molecule has 0 bridgehead atoms. The zero-order chi connectivity index (χ0) is 10.9. The second-order valence-electron chi connectivity index (χ2n) is 2.87. The molecule has 1 aliphatic rings. The fourth-order valence-corrected chi connectivity index (χ4v) is 0.930. The predicted octanol–water partition coefficient (Wildman–Crippen LogP) is 2.65. The van der Waals surface area contributed by atoms with E-state index in [0.29, 0.717) is 11.6 Å². The van der Waals surface area contributed by atoms with Crippen LogP contribution < -0.4 is 0 Å². The van der Waals surface area contributed by atoms with Crippen molar-refractivity contribution in [2.75, 3.05) is 6.54 Å². The smallest absolute Gasteiger partial charge is 0.211 e. The van der Waals surface area contributed by atoms with E-state index in [4.69, 9.17) is 4.74 Å². The van der Waals surface area contributed by atoms with Crippen LogP contribution >= 0.6 is 0 Å². The third kappa shape index (κ3) is 5.41. The minimum atomic E-state index is 0.325. The molecule has 0 radical (unpaired) electrons. The van der Waals surface area contributed by atoms with Gasteiger partial charge in [-0.15, -0.1) is 0 Å². The van der Waals surface area contributed by atoms with Crippen molar-refractivity contribution in [3.05, 3.63) is 49.1 Å². The van der Waals surface area contributed by atoms with E-state index >= 15 is 0 Å². The topological polar surface area (TPSA) is 34.0 Å². The molecular formula is C12H14N2O. The molecule has 0 aliphatic carbocycles. The van der Waals surface area contributed by atoms with Crippen LogP contribution in [-0.4, -0.2) is 19.0 Å². The molecular weight excluding hydrogens is 188 g/mol. The average molecular weight is 202 g/mol. The number of ether oxygens (including phenoxy) is 1. The largest absolute Gasteiger partial charge is 0.440 e. The van der Waals surface area contributed by atoms with E-state index in [-0.39, 0.29) is 0 Å². The highest BCUT2D eigenvalue weighted by Crippen LogP contribution is 2.04. The Labute approximate surface area is 89.9 Å². The Morgan fingerprint density at radius 3 is 2.93 bits per heavy atom. The van der Waals surface area contributed by atoms with E-state index in [1.807, 2.05) is 12.2 Å². The number of aliphatic imine (C=N–C) groups is 2. The van der Waals surface area contributed by atoms with Gasteiger partial charge >= 0.3 is 0 Å². The highest BCUT2D eigenvalue weighted by molar-refractivity contribution is 5.72. The van der Waals surface area contributed by atoms with Crippen molar-refractivity contribution in [2.24, 2.45) is 9.98 Å². The highest BCUT2D eigenvalue weighted by atomic mass is 16.5. The first-order chi connectivity index (χ1) is 7.29.